The van der Waals surface area contributed by atoms with Gasteiger partial charge >= 0.3 is 0 Å². The Labute approximate surface area is 194 Å². The second-order valence-electron chi connectivity index (χ2n) is 9.36. The summed E-state index contributed by atoms with van der Waals surface area (Å²) in [7, 11) is 0. The fourth-order valence-electron chi connectivity index (χ4n) is 5.37. The van der Waals surface area contributed by atoms with Crippen LogP contribution in [0.5, 0.6) is 0 Å². The van der Waals surface area contributed by atoms with Gasteiger partial charge in [0, 0.05) is 50.7 Å². The van der Waals surface area contributed by atoms with Gasteiger partial charge in [-0.15, -0.1) is 0 Å². The van der Waals surface area contributed by atoms with E-state index in [1.165, 1.54) is 25.0 Å². The predicted molar refractivity (Wildman–Crippen MR) is 127 cm³/mol. The number of benzene rings is 1. The fraction of sp³-hybridized carbons (Fsp3) is 0.600. The lowest BCUT2D eigenvalue weighted by molar-refractivity contribution is 0.0115. The van der Waals surface area contributed by atoms with Crippen LogP contribution in [0.4, 0.5) is 10.2 Å². The summed E-state index contributed by atoms with van der Waals surface area (Å²) >= 11 is 0. The fourth-order valence-corrected chi connectivity index (χ4v) is 5.37. The second-order valence-corrected chi connectivity index (χ2v) is 9.36. The molecule has 0 atom stereocenters. The molecule has 3 saturated heterocycles. The van der Waals surface area contributed by atoms with Crippen LogP contribution in [-0.2, 0) is 4.74 Å². The Morgan fingerprint density at radius 3 is 2.58 bits per heavy atom. The number of fused-ring (bicyclic) bond motifs is 1. The van der Waals surface area contributed by atoms with Gasteiger partial charge in [0.15, 0.2) is 0 Å². The Kier molecular flexibility index (Phi) is 7.04. The average molecular weight is 456 g/mol. The zero-order valence-corrected chi connectivity index (χ0v) is 19.3. The van der Waals surface area contributed by atoms with Crippen molar-refractivity contribution in [1.29, 1.82) is 0 Å². The normalized spacial score (nSPS) is 21.1. The quantitative estimate of drug-likeness (QED) is 0.722. The number of rotatable bonds is 6. The average Bonchev–Trinajstić information content (AvgIpc) is 3.37. The molecule has 7 nitrogen and oxygen atoms in total. The molecule has 3 aliphatic rings. The summed E-state index contributed by atoms with van der Waals surface area (Å²) in [5.41, 5.74) is 1.17. The van der Waals surface area contributed by atoms with Crippen molar-refractivity contribution in [3.63, 3.8) is 0 Å². The molecular formula is C25H34FN5O2. The summed E-state index contributed by atoms with van der Waals surface area (Å²) in [5, 5.41) is 3.62. The van der Waals surface area contributed by atoms with Gasteiger partial charge in [0.1, 0.15) is 11.6 Å². The highest BCUT2D eigenvalue weighted by molar-refractivity contribution is 6.07. The van der Waals surface area contributed by atoms with E-state index in [0.29, 0.717) is 29.1 Å². The lowest BCUT2D eigenvalue weighted by atomic mass is 10.0. The molecule has 178 valence electrons. The topological polar surface area (TPSA) is 60.9 Å². The Hall–Kier alpha value is -2.29. The summed E-state index contributed by atoms with van der Waals surface area (Å²) < 4.78 is 19.5. The Balaban J connectivity index is 1.30. The molecule has 33 heavy (non-hydrogen) atoms. The van der Waals surface area contributed by atoms with Crippen LogP contribution in [0.3, 0.4) is 0 Å². The molecule has 5 rings (SSSR count). The van der Waals surface area contributed by atoms with Gasteiger partial charge in [-0.3, -0.25) is 9.69 Å². The van der Waals surface area contributed by atoms with E-state index >= 15 is 0 Å². The molecule has 0 aliphatic carbocycles. The van der Waals surface area contributed by atoms with Crippen molar-refractivity contribution in [1.82, 2.24) is 20.1 Å². The number of piperidine rings is 1. The minimum Gasteiger partial charge on any atom is -0.379 e. The van der Waals surface area contributed by atoms with Gasteiger partial charge in [-0.25, -0.2) is 9.37 Å². The number of nitrogens with zero attached hydrogens (tertiary/aromatic N) is 4. The summed E-state index contributed by atoms with van der Waals surface area (Å²) in [5.74, 6) is 0.297. The van der Waals surface area contributed by atoms with Gasteiger partial charge in [-0.05, 0) is 63.0 Å². The van der Waals surface area contributed by atoms with Crippen LogP contribution in [0.25, 0.3) is 10.9 Å². The van der Waals surface area contributed by atoms with Gasteiger partial charge < -0.3 is 19.9 Å². The van der Waals surface area contributed by atoms with Gasteiger partial charge in [0.25, 0.3) is 5.91 Å². The van der Waals surface area contributed by atoms with Crippen molar-refractivity contribution < 1.29 is 13.9 Å². The van der Waals surface area contributed by atoms with E-state index in [2.05, 4.69) is 20.0 Å². The highest BCUT2D eigenvalue weighted by atomic mass is 19.1. The molecule has 0 unspecified atom stereocenters. The number of hydrogen-bond acceptors (Lipinski definition) is 6. The van der Waals surface area contributed by atoms with Crippen LogP contribution in [0.1, 0.15) is 36.0 Å². The van der Waals surface area contributed by atoms with E-state index in [-0.39, 0.29) is 11.7 Å². The van der Waals surface area contributed by atoms with E-state index in [4.69, 9.17) is 9.72 Å². The van der Waals surface area contributed by atoms with Crippen molar-refractivity contribution in [3.8, 4) is 0 Å². The number of amides is 1. The SMILES string of the molecule is O=C(NCCN1CCCC1)c1cc(N2CCC(N3CCOCC3)CC2)nc2ccc(F)cc12. The standard InChI is InChI=1S/C25H34FN5O2/c26-19-3-4-23-21(17-19)22(25(32)27-7-12-29-8-1-2-9-29)18-24(28-23)31-10-5-20(6-11-31)30-13-15-33-16-14-30/h3-4,17-18,20H,1-2,5-16H2,(H,27,32). The minimum absolute atomic E-state index is 0.156. The first kappa shape index (κ1) is 22.5. The molecule has 1 N–H and O–H groups in total. The van der Waals surface area contributed by atoms with Crippen molar-refractivity contribution in [2.45, 2.75) is 31.7 Å². The van der Waals surface area contributed by atoms with Gasteiger partial charge in [0.05, 0.1) is 24.3 Å². The number of carbonyl (C=O) groups is 1. The Bertz CT molecular complexity index is 967. The zero-order valence-electron chi connectivity index (χ0n) is 19.3. The number of anilines is 1. The van der Waals surface area contributed by atoms with Crippen LogP contribution in [0.15, 0.2) is 24.3 Å². The van der Waals surface area contributed by atoms with E-state index in [1.54, 1.807) is 6.07 Å². The van der Waals surface area contributed by atoms with Crippen molar-refractivity contribution >= 4 is 22.6 Å². The van der Waals surface area contributed by atoms with Gasteiger partial charge in [-0.1, -0.05) is 0 Å². The van der Waals surface area contributed by atoms with Crippen LogP contribution in [-0.4, -0.2) is 92.3 Å². The molecule has 2 aromatic rings. The lowest BCUT2D eigenvalue weighted by Crippen LogP contribution is -2.49. The van der Waals surface area contributed by atoms with Crippen LogP contribution >= 0.6 is 0 Å². The summed E-state index contributed by atoms with van der Waals surface area (Å²) in [6.45, 7) is 9.10. The second kappa shape index (κ2) is 10.3. The smallest absolute Gasteiger partial charge is 0.252 e. The number of nitrogens with one attached hydrogen (secondary N) is 1. The van der Waals surface area contributed by atoms with Gasteiger partial charge in [0.2, 0.25) is 0 Å². The maximum absolute atomic E-state index is 14.0. The number of morpholine rings is 1. The number of hydrogen-bond donors (Lipinski definition) is 1. The lowest BCUT2D eigenvalue weighted by Gasteiger charge is -2.40. The summed E-state index contributed by atoms with van der Waals surface area (Å²) in [6.07, 6.45) is 4.60. The Morgan fingerprint density at radius 1 is 1.06 bits per heavy atom. The monoisotopic (exact) mass is 455 g/mol. The number of likely N-dealkylation sites (tertiary alicyclic amines) is 1. The van der Waals surface area contributed by atoms with Gasteiger partial charge in [-0.2, -0.15) is 0 Å². The molecule has 0 spiro atoms. The van der Waals surface area contributed by atoms with E-state index in [0.717, 1.165) is 77.7 Å². The first-order valence-electron chi connectivity index (χ1n) is 12.3. The molecule has 0 bridgehead atoms. The van der Waals surface area contributed by atoms with Crippen LogP contribution in [0, 0.1) is 5.82 Å². The van der Waals surface area contributed by atoms with Crippen molar-refractivity contribution in [2.75, 3.05) is 70.5 Å². The molecule has 8 heteroatoms. The molecular weight excluding hydrogens is 421 g/mol. The molecule has 4 heterocycles. The van der Waals surface area contributed by atoms with E-state index < -0.39 is 0 Å². The molecule has 3 fully saturated rings. The third kappa shape index (κ3) is 5.28. The molecule has 0 radical (unpaired) electrons. The number of pyridine rings is 1. The molecule has 1 aromatic carbocycles. The first-order chi connectivity index (χ1) is 16.2. The third-order valence-corrected chi connectivity index (χ3v) is 7.26. The largest absolute Gasteiger partial charge is 0.379 e. The number of halogens is 1. The molecule has 1 amide bonds. The first-order valence-corrected chi connectivity index (χ1v) is 12.3. The third-order valence-electron chi connectivity index (χ3n) is 7.26. The molecule has 3 aliphatic heterocycles. The predicted octanol–water partition coefficient (Wildman–Crippen LogP) is 2.50. The van der Waals surface area contributed by atoms with Crippen LogP contribution in [0.2, 0.25) is 0 Å². The number of ether oxygens (including phenoxy) is 1. The highest BCUT2D eigenvalue weighted by Gasteiger charge is 2.27. The van der Waals surface area contributed by atoms with E-state index in [1.807, 2.05) is 6.07 Å². The van der Waals surface area contributed by atoms with Crippen LogP contribution < -0.4 is 10.2 Å². The summed E-state index contributed by atoms with van der Waals surface area (Å²) in [6, 6.07) is 6.94. The van der Waals surface area contributed by atoms with Crippen molar-refractivity contribution in [3.05, 3.63) is 35.6 Å². The van der Waals surface area contributed by atoms with Crippen molar-refractivity contribution in [2.24, 2.45) is 0 Å². The minimum atomic E-state index is -0.352. The maximum Gasteiger partial charge on any atom is 0.252 e. The van der Waals surface area contributed by atoms with E-state index in [9.17, 15) is 9.18 Å². The summed E-state index contributed by atoms with van der Waals surface area (Å²) in [4.78, 5) is 25.1. The number of aromatic nitrogens is 1. The maximum atomic E-state index is 14.0. The molecule has 0 saturated carbocycles. The highest BCUT2D eigenvalue weighted by Crippen LogP contribution is 2.27. The molecule has 1 aromatic heterocycles. The zero-order chi connectivity index (χ0) is 22.6. The number of carbonyl (C=O) groups excluding carboxylic acids is 1. The Morgan fingerprint density at radius 2 is 1.82 bits per heavy atom.